The number of rotatable bonds is 10. The number of alkyl halides is 1. The van der Waals surface area contributed by atoms with Crippen molar-refractivity contribution >= 4 is 11.6 Å². The van der Waals surface area contributed by atoms with Gasteiger partial charge in [0.1, 0.15) is 0 Å². The standard InChI is InChI=1S/C13H29ClN2/c1-13(2)12-16(11-10-15(3)4)9-7-5-6-8-14/h13H,5-12H2,1-4H3. The molecule has 0 rings (SSSR count). The second kappa shape index (κ2) is 10.4. The molecule has 98 valence electrons. The molecular weight excluding hydrogens is 220 g/mol. The molecule has 0 aliphatic rings. The minimum Gasteiger partial charge on any atom is -0.308 e. The van der Waals surface area contributed by atoms with Crippen molar-refractivity contribution in [1.29, 1.82) is 0 Å². The molecule has 0 saturated heterocycles. The molecule has 0 amide bonds. The molecule has 0 fully saturated rings. The lowest BCUT2D eigenvalue weighted by atomic mass is 10.2. The van der Waals surface area contributed by atoms with Gasteiger partial charge in [0.25, 0.3) is 0 Å². The minimum atomic E-state index is 0.759. The fourth-order valence-electron chi connectivity index (χ4n) is 1.76. The van der Waals surface area contributed by atoms with E-state index in [1.54, 1.807) is 0 Å². The first-order valence-electron chi connectivity index (χ1n) is 6.49. The minimum absolute atomic E-state index is 0.759. The van der Waals surface area contributed by atoms with Gasteiger partial charge in [-0.1, -0.05) is 20.3 Å². The summed E-state index contributed by atoms with van der Waals surface area (Å²) in [6.07, 6.45) is 3.71. The summed E-state index contributed by atoms with van der Waals surface area (Å²) in [4.78, 5) is 4.84. The number of halogens is 1. The third-order valence-electron chi connectivity index (χ3n) is 2.59. The number of hydrogen-bond donors (Lipinski definition) is 0. The van der Waals surface area contributed by atoms with Crippen molar-refractivity contribution < 1.29 is 0 Å². The molecule has 2 nitrogen and oxygen atoms in total. The van der Waals surface area contributed by atoms with Gasteiger partial charge in [0, 0.05) is 25.5 Å². The van der Waals surface area contributed by atoms with Crippen molar-refractivity contribution in [1.82, 2.24) is 9.80 Å². The molecule has 0 bridgehead atoms. The Hall–Kier alpha value is 0.210. The Labute approximate surface area is 107 Å². The SMILES string of the molecule is CC(C)CN(CCCCCCl)CCN(C)C. The van der Waals surface area contributed by atoms with Gasteiger partial charge >= 0.3 is 0 Å². The second-order valence-electron chi connectivity index (χ2n) is 5.25. The normalized spacial score (nSPS) is 12.0. The topological polar surface area (TPSA) is 6.48 Å². The molecular formula is C13H29ClN2. The third kappa shape index (κ3) is 10.7. The first-order chi connectivity index (χ1) is 7.56. The zero-order chi connectivity index (χ0) is 12.4. The van der Waals surface area contributed by atoms with E-state index >= 15 is 0 Å². The van der Waals surface area contributed by atoms with Crippen molar-refractivity contribution in [3.05, 3.63) is 0 Å². The van der Waals surface area contributed by atoms with Gasteiger partial charge in [0.05, 0.1) is 0 Å². The maximum Gasteiger partial charge on any atom is 0.0223 e. The lowest BCUT2D eigenvalue weighted by Gasteiger charge is -2.25. The lowest BCUT2D eigenvalue weighted by molar-refractivity contribution is 0.215. The average Bonchev–Trinajstić information content (AvgIpc) is 2.19. The van der Waals surface area contributed by atoms with Crippen LogP contribution >= 0.6 is 11.6 Å². The van der Waals surface area contributed by atoms with E-state index in [0.29, 0.717) is 0 Å². The fraction of sp³-hybridized carbons (Fsp3) is 1.00. The van der Waals surface area contributed by atoms with Crippen LogP contribution in [0.1, 0.15) is 33.1 Å². The molecule has 0 aliphatic carbocycles. The summed E-state index contributed by atoms with van der Waals surface area (Å²) in [5.74, 6) is 1.57. The van der Waals surface area contributed by atoms with Crippen LogP contribution in [0.15, 0.2) is 0 Å². The summed E-state index contributed by atoms with van der Waals surface area (Å²) in [6, 6.07) is 0. The van der Waals surface area contributed by atoms with E-state index in [-0.39, 0.29) is 0 Å². The van der Waals surface area contributed by atoms with Gasteiger partial charge in [-0.05, 0) is 39.4 Å². The zero-order valence-electron chi connectivity index (χ0n) is 11.5. The Kier molecular flexibility index (Phi) is 10.5. The lowest BCUT2D eigenvalue weighted by Crippen LogP contribution is -2.35. The van der Waals surface area contributed by atoms with Crippen molar-refractivity contribution in [3.8, 4) is 0 Å². The molecule has 0 spiro atoms. The predicted molar refractivity (Wildman–Crippen MR) is 74.4 cm³/mol. The summed E-state index contributed by atoms with van der Waals surface area (Å²) in [5, 5.41) is 0. The number of unbranched alkanes of at least 4 members (excludes halogenated alkanes) is 2. The van der Waals surface area contributed by atoms with E-state index < -0.39 is 0 Å². The van der Waals surface area contributed by atoms with Crippen LogP contribution in [0, 0.1) is 5.92 Å². The third-order valence-corrected chi connectivity index (χ3v) is 2.86. The Morgan fingerprint density at radius 3 is 2.12 bits per heavy atom. The molecule has 0 aromatic heterocycles. The van der Waals surface area contributed by atoms with E-state index in [2.05, 4.69) is 37.7 Å². The number of hydrogen-bond acceptors (Lipinski definition) is 2. The van der Waals surface area contributed by atoms with E-state index in [4.69, 9.17) is 11.6 Å². The van der Waals surface area contributed by atoms with Crippen LogP contribution in [0.25, 0.3) is 0 Å². The Balaban J connectivity index is 3.72. The molecule has 0 unspecified atom stereocenters. The number of nitrogens with zero attached hydrogens (tertiary/aromatic N) is 2. The van der Waals surface area contributed by atoms with E-state index in [0.717, 1.165) is 24.8 Å². The highest BCUT2D eigenvalue weighted by Gasteiger charge is 2.07. The van der Waals surface area contributed by atoms with E-state index in [1.165, 1.54) is 32.5 Å². The maximum atomic E-state index is 5.68. The van der Waals surface area contributed by atoms with Gasteiger partial charge in [0.15, 0.2) is 0 Å². The molecule has 0 heterocycles. The Morgan fingerprint density at radius 2 is 1.62 bits per heavy atom. The second-order valence-corrected chi connectivity index (χ2v) is 5.63. The average molecular weight is 249 g/mol. The van der Waals surface area contributed by atoms with Crippen molar-refractivity contribution in [2.45, 2.75) is 33.1 Å². The first-order valence-corrected chi connectivity index (χ1v) is 7.02. The molecule has 0 aromatic rings. The highest BCUT2D eigenvalue weighted by atomic mass is 35.5. The summed E-state index contributed by atoms with van der Waals surface area (Å²) in [5.41, 5.74) is 0. The molecule has 0 N–H and O–H groups in total. The van der Waals surface area contributed by atoms with Crippen LogP contribution in [-0.2, 0) is 0 Å². The molecule has 3 heteroatoms. The molecule has 16 heavy (non-hydrogen) atoms. The van der Waals surface area contributed by atoms with Gasteiger partial charge in [-0.3, -0.25) is 0 Å². The van der Waals surface area contributed by atoms with Crippen molar-refractivity contribution in [2.75, 3.05) is 46.2 Å². The van der Waals surface area contributed by atoms with Gasteiger partial charge in [-0.2, -0.15) is 0 Å². The van der Waals surface area contributed by atoms with Crippen LogP contribution in [0.3, 0.4) is 0 Å². The predicted octanol–water partition coefficient (Wildman–Crippen LogP) is 2.92. The molecule has 0 atom stereocenters. The highest BCUT2D eigenvalue weighted by molar-refractivity contribution is 6.17. The Bertz CT molecular complexity index is 149. The van der Waals surface area contributed by atoms with Gasteiger partial charge < -0.3 is 9.80 Å². The van der Waals surface area contributed by atoms with Gasteiger partial charge in [-0.15, -0.1) is 11.6 Å². The number of likely N-dealkylation sites (N-methyl/N-ethyl adjacent to an activating group) is 1. The Morgan fingerprint density at radius 1 is 0.938 bits per heavy atom. The quantitative estimate of drug-likeness (QED) is 0.433. The van der Waals surface area contributed by atoms with Crippen molar-refractivity contribution in [3.63, 3.8) is 0 Å². The molecule has 0 aromatic carbocycles. The molecule has 0 radical (unpaired) electrons. The van der Waals surface area contributed by atoms with Gasteiger partial charge in [-0.25, -0.2) is 0 Å². The largest absolute Gasteiger partial charge is 0.308 e. The van der Waals surface area contributed by atoms with Crippen LogP contribution in [0.2, 0.25) is 0 Å². The smallest absolute Gasteiger partial charge is 0.0223 e. The monoisotopic (exact) mass is 248 g/mol. The van der Waals surface area contributed by atoms with E-state index in [9.17, 15) is 0 Å². The first kappa shape index (κ1) is 16.2. The van der Waals surface area contributed by atoms with Crippen LogP contribution < -0.4 is 0 Å². The van der Waals surface area contributed by atoms with E-state index in [1.807, 2.05) is 0 Å². The van der Waals surface area contributed by atoms with Crippen molar-refractivity contribution in [2.24, 2.45) is 5.92 Å². The summed E-state index contributed by atoms with van der Waals surface area (Å²) < 4.78 is 0. The fourth-order valence-corrected chi connectivity index (χ4v) is 1.95. The maximum absolute atomic E-state index is 5.68. The molecule has 0 saturated carbocycles. The molecule has 0 aliphatic heterocycles. The summed E-state index contributed by atoms with van der Waals surface area (Å²) in [6.45, 7) is 9.37. The van der Waals surface area contributed by atoms with Gasteiger partial charge in [0.2, 0.25) is 0 Å². The zero-order valence-corrected chi connectivity index (χ0v) is 12.3. The van der Waals surface area contributed by atoms with Crippen LogP contribution in [0.5, 0.6) is 0 Å². The van der Waals surface area contributed by atoms with Crippen LogP contribution in [0.4, 0.5) is 0 Å². The highest BCUT2D eigenvalue weighted by Crippen LogP contribution is 2.03. The summed E-state index contributed by atoms with van der Waals surface area (Å²) in [7, 11) is 4.28. The summed E-state index contributed by atoms with van der Waals surface area (Å²) >= 11 is 5.68. The van der Waals surface area contributed by atoms with Crippen LogP contribution in [-0.4, -0.2) is 56.0 Å².